The summed E-state index contributed by atoms with van der Waals surface area (Å²) in [5, 5.41) is 19.5. The molecule has 2 aromatic rings. The van der Waals surface area contributed by atoms with Crippen LogP contribution in [0.4, 0.5) is 4.79 Å². The third kappa shape index (κ3) is 5.09. The third-order valence-corrected chi connectivity index (χ3v) is 3.50. The quantitative estimate of drug-likeness (QED) is 0.635. The third-order valence-electron chi connectivity index (χ3n) is 3.50. The van der Waals surface area contributed by atoms with Gasteiger partial charge in [0.2, 0.25) is 5.89 Å². The molecule has 0 aliphatic carbocycles. The summed E-state index contributed by atoms with van der Waals surface area (Å²) in [7, 11) is 0. The number of furan rings is 1. The maximum absolute atomic E-state index is 11.7. The van der Waals surface area contributed by atoms with E-state index in [2.05, 4.69) is 20.8 Å². The van der Waals surface area contributed by atoms with Gasteiger partial charge in [-0.15, -0.1) is 0 Å². The number of nitrogens with zero attached hydrogens (tertiary/aromatic N) is 2. The monoisotopic (exact) mass is 336 g/mol. The van der Waals surface area contributed by atoms with Crippen molar-refractivity contribution in [3.63, 3.8) is 0 Å². The van der Waals surface area contributed by atoms with Crippen LogP contribution >= 0.6 is 0 Å². The van der Waals surface area contributed by atoms with E-state index in [1.54, 1.807) is 19.1 Å². The Hall–Kier alpha value is -2.35. The topological polar surface area (TPSA) is 113 Å². The molecule has 2 aromatic heterocycles. The van der Waals surface area contributed by atoms with Crippen LogP contribution in [0, 0.1) is 0 Å². The Morgan fingerprint density at radius 3 is 2.83 bits per heavy atom. The molecule has 0 fully saturated rings. The second-order valence-corrected chi connectivity index (χ2v) is 6.17. The van der Waals surface area contributed by atoms with E-state index in [9.17, 15) is 9.90 Å². The van der Waals surface area contributed by atoms with Crippen molar-refractivity contribution in [3.05, 3.63) is 35.9 Å². The van der Waals surface area contributed by atoms with E-state index in [4.69, 9.17) is 8.94 Å². The molecule has 3 N–H and O–H groups in total. The lowest BCUT2D eigenvalue weighted by Crippen LogP contribution is -2.43. The van der Waals surface area contributed by atoms with Gasteiger partial charge < -0.3 is 24.7 Å². The van der Waals surface area contributed by atoms with Crippen molar-refractivity contribution < 1.29 is 18.8 Å². The fraction of sp³-hybridized carbons (Fsp3) is 0.562. The minimum absolute atomic E-state index is 0.0494. The number of rotatable bonds is 8. The highest BCUT2D eigenvalue weighted by Gasteiger charge is 2.26. The first kappa shape index (κ1) is 18.0. The molecule has 0 aromatic carbocycles. The molecule has 0 radical (unpaired) electrons. The SMILES string of the molecule is CC(C)c1noc(CCCNC(=O)NCC(C)(O)c2ccco2)n1. The molecular formula is C16H24N4O4. The average Bonchev–Trinajstić information content (AvgIpc) is 3.21. The molecule has 0 spiro atoms. The van der Waals surface area contributed by atoms with Crippen molar-refractivity contribution in [2.45, 2.75) is 45.1 Å². The van der Waals surface area contributed by atoms with Gasteiger partial charge in [0.25, 0.3) is 0 Å². The summed E-state index contributed by atoms with van der Waals surface area (Å²) in [6.07, 6.45) is 2.76. The Kier molecular flexibility index (Phi) is 5.97. The Labute approximate surface area is 140 Å². The van der Waals surface area contributed by atoms with Crippen LogP contribution in [0.5, 0.6) is 0 Å². The molecule has 8 heteroatoms. The van der Waals surface area contributed by atoms with Crippen LogP contribution < -0.4 is 10.6 Å². The molecule has 2 amide bonds. The van der Waals surface area contributed by atoms with Gasteiger partial charge in [0.1, 0.15) is 11.4 Å². The summed E-state index contributed by atoms with van der Waals surface area (Å²) < 4.78 is 10.3. The Bertz CT molecular complexity index is 634. The van der Waals surface area contributed by atoms with Gasteiger partial charge in [0.05, 0.1) is 12.8 Å². The molecule has 0 bridgehead atoms. The van der Waals surface area contributed by atoms with Gasteiger partial charge in [-0.2, -0.15) is 4.98 Å². The van der Waals surface area contributed by atoms with Crippen LogP contribution in [0.25, 0.3) is 0 Å². The second kappa shape index (κ2) is 7.96. The maximum atomic E-state index is 11.7. The van der Waals surface area contributed by atoms with Crippen LogP contribution in [-0.4, -0.2) is 34.4 Å². The Morgan fingerprint density at radius 1 is 1.42 bits per heavy atom. The summed E-state index contributed by atoms with van der Waals surface area (Å²) in [5.74, 6) is 1.89. The molecule has 2 rings (SSSR count). The smallest absolute Gasteiger partial charge is 0.314 e. The number of aryl methyl sites for hydroxylation is 1. The minimum Gasteiger partial charge on any atom is -0.466 e. The van der Waals surface area contributed by atoms with Gasteiger partial charge in [0.15, 0.2) is 5.82 Å². The standard InChI is InChI=1S/C16H24N4O4/c1-11(2)14-19-13(24-20-14)7-4-8-17-15(21)18-10-16(3,22)12-6-5-9-23-12/h5-6,9,11,22H,4,7-8,10H2,1-3H3,(H2,17,18,21). The number of amides is 2. The summed E-state index contributed by atoms with van der Waals surface area (Å²) in [4.78, 5) is 16.0. The number of hydrogen-bond acceptors (Lipinski definition) is 6. The first-order valence-electron chi connectivity index (χ1n) is 7.99. The second-order valence-electron chi connectivity index (χ2n) is 6.17. The zero-order valence-corrected chi connectivity index (χ0v) is 14.2. The van der Waals surface area contributed by atoms with Crippen LogP contribution in [0.3, 0.4) is 0 Å². The lowest BCUT2D eigenvalue weighted by atomic mass is 10.0. The molecular weight excluding hydrogens is 312 g/mol. The molecule has 0 saturated heterocycles. The van der Waals surface area contributed by atoms with Crippen molar-refractivity contribution >= 4 is 6.03 Å². The predicted molar refractivity (Wildman–Crippen MR) is 86.4 cm³/mol. The number of nitrogens with one attached hydrogen (secondary N) is 2. The van der Waals surface area contributed by atoms with Gasteiger partial charge in [-0.3, -0.25) is 0 Å². The zero-order valence-electron chi connectivity index (χ0n) is 14.2. The highest BCUT2D eigenvalue weighted by molar-refractivity contribution is 5.73. The van der Waals surface area contributed by atoms with E-state index in [1.807, 2.05) is 13.8 Å². The average molecular weight is 336 g/mol. The minimum atomic E-state index is -1.25. The van der Waals surface area contributed by atoms with Crippen LogP contribution in [0.2, 0.25) is 0 Å². The Morgan fingerprint density at radius 2 is 2.21 bits per heavy atom. The molecule has 0 saturated carbocycles. The fourth-order valence-electron chi connectivity index (χ4n) is 2.03. The molecule has 8 nitrogen and oxygen atoms in total. The summed E-state index contributed by atoms with van der Waals surface area (Å²) >= 11 is 0. The van der Waals surface area contributed by atoms with E-state index in [1.165, 1.54) is 6.26 Å². The van der Waals surface area contributed by atoms with E-state index in [0.29, 0.717) is 36.9 Å². The zero-order chi connectivity index (χ0) is 17.6. The summed E-state index contributed by atoms with van der Waals surface area (Å²) in [6, 6.07) is 3.00. The Balaban J connectivity index is 1.64. The maximum Gasteiger partial charge on any atom is 0.314 e. The highest BCUT2D eigenvalue weighted by Crippen LogP contribution is 2.19. The first-order chi connectivity index (χ1) is 11.4. The molecule has 1 atom stereocenters. The number of urea groups is 1. The van der Waals surface area contributed by atoms with Crippen LogP contribution in [0.1, 0.15) is 50.6 Å². The first-order valence-corrected chi connectivity index (χ1v) is 7.99. The van der Waals surface area contributed by atoms with Crippen molar-refractivity contribution in [2.24, 2.45) is 0 Å². The van der Waals surface area contributed by atoms with Gasteiger partial charge in [0, 0.05) is 18.9 Å². The molecule has 1 unspecified atom stereocenters. The number of carbonyl (C=O) groups excluding carboxylic acids is 1. The van der Waals surface area contributed by atoms with Gasteiger partial charge in [-0.1, -0.05) is 19.0 Å². The fourth-order valence-corrected chi connectivity index (χ4v) is 2.03. The van der Waals surface area contributed by atoms with Crippen molar-refractivity contribution in [1.82, 2.24) is 20.8 Å². The van der Waals surface area contributed by atoms with Crippen LogP contribution in [-0.2, 0) is 12.0 Å². The molecule has 0 aliphatic heterocycles. The number of carbonyl (C=O) groups is 1. The van der Waals surface area contributed by atoms with E-state index in [0.717, 1.165) is 0 Å². The number of hydrogen-bond donors (Lipinski definition) is 3. The predicted octanol–water partition coefficient (Wildman–Crippen LogP) is 1.93. The number of aliphatic hydroxyl groups is 1. The molecule has 24 heavy (non-hydrogen) atoms. The van der Waals surface area contributed by atoms with Gasteiger partial charge in [-0.05, 0) is 25.5 Å². The normalized spacial score (nSPS) is 13.7. The van der Waals surface area contributed by atoms with Gasteiger partial charge >= 0.3 is 6.03 Å². The van der Waals surface area contributed by atoms with Crippen LogP contribution in [0.15, 0.2) is 27.3 Å². The molecule has 132 valence electrons. The van der Waals surface area contributed by atoms with Crippen molar-refractivity contribution in [1.29, 1.82) is 0 Å². The van der Waals surface area contributed by atoms with E-state index in [-0.39, 0.29) is 18.5 Å². The molecule has 0 aliphatic rings. The van der Waals surface area contributed by atoms with Crippen molar-refractivity contribution in [3.8, 4) is 0 Å². The molecule has 2 heterocycles. The summed E-state index contributed by atoms with van der Waals surface area (Å²) in [6.45, 7) is 6.09. The highest BCUT2D eigenvalue weighted by atomic mass is 16.5. The lowest BCUT2D eigenvalue weighted by Gasteiger charge is -2.21. The van der Waals surface area contributed by atoms with E-state index >= 15 is 0 Å². The summed E-state index contributed by atoms with van der Waals surface area (Å²) in [5.41, 5.74) is -1.25. The largest absolute Gasteiger partial charge is 0.466 e. The van der Waals surface area contributed by atoms with E-state index < -0.39 is 5.60 Å². The number of aromatic nitrogens is 2. The lowest BCUT2D eigenvalue weighted by molar-refractivity contribution is 0.0367. The van der Waals surface area contributed by atoms with Crippen molar-refractivity contribution in [2.75, 3.05) is 13.1 Å². The van der Waals surface area contributed by atoms with Gasteiger partial charge in [-0.25, -0.2) is 4.79 Å².